The van der Waals surface area contributed by atoms with Gasteiger partial charge in [-0.2, -0.15) is 13.5 Å². The molecular formula is C24H21Cl3N2O6S. The molecule has 12 heteroatoms. The summed E-state index contributed by atoms with van der Waals surface area (Å²) in [7, 11) is -4.20. The minimum absolute atomic E-state index is 0.0688. The molecule has 36 heavy (non-hydrogen) atoms. The molecule has 0 fully saturated rings. The highest BCUT2D eigenvalue weighted by molar-refractivity contribution is 7.87. The lowest BCUT2D eigenvalue weighted by atomic mass is 10.2. The van der Waals surface area contributed by atoms with E-state index in [0.717, 1.165) is 0 Å². The molecule has 0 saturated carbocycles. The lowest BCUT2D eigenvalue weighted by molar-refractivity contribution is 0.0954. The maximum absolute atomic E-state index is 12.5. The van der Waals surface area contributed by atoms with Crippen molar-refractivity contribution in [1.29, 1.82) is 0 Å². The molecule has 0 unspecified atom stereocenters. The van der Waals surface area contributed by atoms with Crippen LogP contribution in [0.4, 0.5) is 0 Å². The first kappa shape index (κ1) is 27.6. The van der Waals surface area contributed by atoms with Crippen molar-refractivity contribution in [3.8, 4) is 17.2 Å². The fourth-order valence-electron chi connectivity index (χ4n) is 2.92. The van der Waals surface area contributed by atoms with E-state index >= 15 is 0 Å². The summed E-state index contributed by atoms with van der Waals surface area (Å²) in [5.41, 5.74) is 3.10. The molecule has 1 amide bonds. The summed E-state index contributed by atoms with van der Waals surface area (Å²) < 4.78 is 41.2. The normalized spacial score (nSPS) is 11.4. The maximum atomic E-state index is 12.5. The van der Waals surface area contributed by atoms with Crippen molar-refractivity contribution in [2.24, 2.45) is 5.10 Å². The van der Waals surface area contributed by atoms with E-state index in [1.807, 2.05) is 13.8 Å². The van der Waals surface area contributed by atoms with Crippen LogP contribution in [0.1, 0.15) is 29.8 Å². The van der Waals surface area contributed by atoms with Crippen molar-refractivity contribution in [3.63, 3.8) is 0 Å². The fraction of sp³-hybridized carbons (Fsp3) is 0.167. The monoisotopic (exact) mass is 570 g/mol. The van der Waals surface area contributed by atoms with Gasteiger partial charge in [0.1, 0.15) is 4.90 Å². The number of nitrogens with one attached hydrogen (secondary N) is 1. The third-order valence-electron chi connectivity index (χ3n) is 4.50. The molecule has 0 bridgehead atoms. The van der Waals surface area contributed by atoms with Gasteiger partial charge in [-0.3, -0.25) is 4.79 Å². The molecule has 3 rings (SSSR count). The number of nitrogens with zero attached hydrogens (tertiary/aromatic N) is 1. The lowest BCUT2D eigenvalue weighted by Crippen LogP contribution is -2.17. The van der Waals surface area contributed by atoms with Crippen molar-refractivity contribution in [2.75, 3.05) is 13.2 Å². The van der Waals surface area contributed by atoms with Crippen molar-refractivity contribution < 1.29 is 26.9 Å². The van der Waals surface area contributed by atoms with Crippen molar-refractivity contribution >= 4 is 57.0 Å². The van der Waals surface area contributed by atoms with Gasteiger partial charge in [-0.1, -0.05) is 34.8 Å². The van der Waals surface area contributed by atoms with Crippen LogP contribution in [0, 0.1) is 0 Å². The average Bonchev–Trinajstić information content (AvgIpc) is 2.83. The minimum Gasteiger partial charge on any atom is -0.490 e. The maximum Gasteiger partial charge on any atom is 0.339 e. The number of ether oxygens (including phenoxy) is 2. The van der Waals surface area contributed by atoms with E-state index in [0.29, 0.717) is 40.9 Å². The number of rotatable bonds is 10. The number of benzene rings is 3. The lowest BCUT2D eigenvalue weighted by Gasteiger charge is -2.12. The molecule has 190 valence electrons. The van der Waals surface area contributed by atoms with Crippen LogP contribution in [-0.2, 0) is 10.1 Å². The van der Waals surface area contributed by atoms with Gasteiger partial charge in [-0.15, -0.1) is 0 Å². The molecule has 0 spiro atoms. The molecule has 3 aromatic carbocycles. The first-order valence-corrected chi connectivity index (χ1v) is 13.1. The second-order valence-corrected chi connectivity index (χ2v) is 9.83. The van der Waals surface area contributed by atoms with Gasteiger partial charge in [-0.25, -0.2) is 5.43 Å². The Morgan fingerprint density at radius 1 is 0.917 bits per heavy atom. The molecular weight excluding hydrogens is 551 g/mol. The van der Waals surface area contributed by atoms with Gasteiger partial charge in [0.05, 0.1) is 29.5 Å². The number of amides is 1. The van der Waals surface area contributed by atoms with E-state index in [2.05, 4.69) is 10.5 Å². The zero-order chi connectivity index (χ0) is 26.3. The Bertz CT molecular complexity index is 1360. The second kappa shape index (κ2) is 12.3. The van der Waals surface area contributed by atoms with Crippen LogP contribution in [0.2, 0.25) is 15.1 Å². The van der Waals surface area contributed by atoms with E-state index < -0.39 is 16.0 Å². The van der Waals surface area contributed by atoms with Crippen LogP contribution in [-0.4, -0.2) is 33.8 Å². The van der Waals surface area contributed by atoms with Gasteiger partial charge >= 0.3 is 10.1 Å². The summed E-state index contributed by atoms with van der Waals surface area (Å²) >= 11 is 18.2. The molecule has 0 aromatic heterocycles. The molecule has 0 aliphatic rings. The predicted octanol–water partition coefficient (Wildman–Crippen LogP) is 5.98. The van der Waals surface area contributed by atoms with E-state index in [1.54, 1.807) is 18.2 Å². The van der Waals surface area contributed by atoms with Gasteiger partial charge in [0.25, 0.3) is 5.91 Å². The Kier molecular flexibility index (Phi) is 9.44. The Labute approximate surface area is 223 Å². The van der Waals surface area contributed by atoms with Crippen LogP contribution >= 0.6 is 34.8 Å². The SMILES string of the molecule is CCOc1ccc(C(=O)N/N=C/c2cc(Cl)c(OS(=O)(=O)c3ccc(Cl)cc3)c(Cl)c2)cc1OCC. The number of hydrazone groups is 1. The van der Waals surface area contributed by atoms with Crippen LogP contribution < -0.4 is 19.1 Å². The van der Waals surface area contributed by atoms with Crippen molar-refractivity contribution in [2.45, 2.75) is 18.7 Å². The number of hydrogen-bond donors (Lipinski definition) is 1. The standard InChI is InChI=1S/C24H21Cl3N2O6S/c1-3-33-21-10-5-16(13-22(21)34-4-2)24(30)29-28-14-15-11-19(26)23(20(27)12-15)35-36(31,32)18-8-6-17(25)7-9-18/h5-14H,3-4H2,1-2H3,(H,29,30)/b28-14+. The van der Waals surface area contributed by atoms with Gasteiger partial charge in [-0.05, 0) is 74.0 Å². The first-order valence-electron chi connectivity index (χ1n) is 10.6. The molecule has 0 aliphatic heterocycles. The molecule has 0 heterocycles. The van der Waals surface area contributed by atoms with Crippen LogP contribution in [0.15, 0.2) is 64.6 Å². The minimum atomic E-state index is -4.20. The number of hydrogen-bond acceptors (Lipinski definition) is 7. The molecule has 1 N–H and O–H groups in total. The van der Waals surface area contributed by atoms with E-state index in [9.17, 15) is 13.2 Å². The molecule has 0 aliphatic carbocycles. The summed E-state index contributed by atoms with van der Waals surface area (Å²) in [6.07, 6.45) is 1.30. The summed E-state index contributed by atoms with van der Waals surface area (Å²) in [5, 5.41) is 4.14. The average molecular weight is 572 g/mol. The van der Waals surface area contributed by atoms with Crippen LogP contribution in [0.3, 0.4) is 0 Å². The first-order chi connectivity index (χ1) is 17.1. The molecule has 0 saturated heterocycles. The van der Waals surface area contributed by atoms with Crippen molar-refractivity contribution in [1.82, 2.24) is 5.43 Å². The number of halogens is 3. The summed E-state index contributed by atoms with van der Waals surface area (Å²) in [4.78, 5) is 12.4. The zero-order valence-electron chi connectivity index (χ0n) is 19.1. The largest absolute Gasteiger partial charge is 0.490 e. The molecule has 0 atom stereocenters. The second-order valence-electron chi connectivity index (χ2n) is 7.03. The zero-order valence-corrected chi connectivity index (χ0v) is 22.2. The third-order valence-corrected chi connectivity index (χ3v) is 6.55. The summed E-state index contributed by atoms with van der Waals surface area (Å²) in [6.45, 7) is 4.54. The van der Waals surface area contributed by atoms with Crippen molar-refractivity contribution in [3.05, 3.63) is 80.8 Å². The predicted molar refractivity (Wildman–Crippen MR) is 140 cm³/mol. The highest BCUT2D eigenvalue weighted by atomic mass is 35.5. The molecule has 8 nitrogen and oxygen atoms in total. The molecule has 3 aromatic rings. The molecule has 0 radical (unpaired) electrons. The Balaban J connectivity index is 1.72. The fourth-order valence-corrected chi connectivity index (χ4v) is 4.68. The van der Waals surface area contributed by atoms with E-state index in [-0.39, 0.29) is 20.7 Å². The van der Waals surface area contributed by atoms with Crippen LogP contribution in [0.25, 0.3) is 0 Å². The highest BCUT2D eigenvalue weighted by Gasteiger charge is 2.21. The van der Waals surface area contributed by atoms with Gasteiger partial charge in [0, 0.05) is 10.6 Å². The number of carbonyl (C=O) groups is 1. The summed E-state index contributed by atoms with van der Waals surface area (Å²) in [5.74, 6) is 0.247. The topological polar surface area (TPSA) is 103 Å². The van der Waals surface area contributed by atoms with E-state index in [1.165, 1.54) is 42.6 Å². The Morgan fingerprint density at radius 2 is 1.53 bits per heavy atom. The Morgan fingerprint density at radius 3 is 2.14 bits per heavy atom. The third kappa shape index (κ3) is 7.04. The van der Waals surface area contributed by atoms with Gasteiger partial charge in [0.2, 0.25) is 0 Å². The number of carbonyl (C=O) groups excluding carboxylic acids is 1. The summed E-state index contributed by atoms with van der Waals surface area (Å²) in [6, 6.07) is 13.0. The van der Waals surface area contributed by atoms with Gasteiger partial charge < -0.3 is 13.7 Å². The van der Waals surface area contributed by atoms with Gasteiger partial charge in [0.15, 0.2) is 17.2 Å². The highest BCUT2D eigenvalue weighted by Crippen LogP contribution is 2.36. The van der Waals surface area contributed by atoms with Crippen LogP contribution in [0.5, 0.6) is 17.2 Å². The quantitative estimate of drug-likeness (QED) is 0.183. The van der Waals surface area contributed by atoms with E-state index in [4.69, 9.17) is 48.5 Å². The Hall–Kier alpha value is -2.98. The smallest absolute Gasteiger partial charge is 0.339 e.